The second-order valence-electron chi connectivity index (χ2n) is 7.72. The maximum absolute atomic E-state index is 11.3. The summed E-state index contributed by atoms with van der Waals surface area (Å²) in [6.45, 7) is 4.02. The zero-order valence-electron chi connectivity index (χ0n) is 17.5. The number of aromatic hydroxyl groups is 2. The fourth-order valence-corrected chi connectivity index (χ4v) is 4.00. The van der Waals surface area contributed by atoms with Gasteiger partial charge < -0.3 is 24.8 Å². The molecule has 0 saturated carbocycles. The second kappa shape index (κ2) is 8.52. The van der Waals surface area contributed by atoms with Crippen LogP contribution in [0, 0.1) is 10.1 Å². The molecule has 11 heteroatoms. The number of oxime groups is 1. The van der Waals surface area contributed by atoms with E-state index in [-0.39, 0.29) is 22.9 Å². The molecule has 170 valence electrons. The number of benzene rings is 2. The predicted molar refractivity (Wildman–Crippen MR) is 121 cm³/mol. The summed E-state index contributed by atoms with van der Waals surface area (Å²) in [7, 11) is 0. The molecule has 33 heavy (non-hydrogen) atoms. The first-order valence-electron chi connectivity index (χ1n) is 10.4. The van der Waals surface area contributed by atoms with Crippen LogP contribution in [0.1, 0.15) is 11.1 Å². The number of aliphatic imine (C=N–C) groups is 1. The molecule has 0 spiro atoms. The van der Waals surface area contributed by atoms with E-state index in [1.165, 1.54) is 30.3 Å². The first-order valence-corrected chi connectivity index (χ1v) is 10.4. The van der Waals surface area contributed by atoms with Gasteiger partial charge in [0.1, 0.15) is 23.8 Å². The van der Waals surface area contributed by atoms with Gasteiger partial charge in [-0.3, -0.25) is 15.0 Å². The van der Waals surface area contributed by atoms with Crippen LogP contribution >= 0.6 is 0 Å². The number of non-ortho nitro benzene ring substituents is 1. The Morgan fingerprint density at radius 3 is 2.82 bits per heavy atom. The number of morpholine rings is 1. The van der Waals surface area contributed by atoms with E-state index < -0.39 is 4.92 Å². The molecule has 1 aromatic heterocycles. The third-order valence-electron chi connectivity index (χ3n) is 5.66. The number of H-pyrrole nitrogens is 1. The number of nitrogens with one attached hydrogen (secondary N) is 1. The number of aromatic amines is 1. The first-order chi connectivity index (χ1) is 16.0. The van der Waals surface area contributed by atoms with Crippen LogP contribution in [-0.2, 0) is 9.57 Å². The van der Waals surface area contributed by atoms with Crippen molar-refractivity contribution in [3.8, 4) is 11.6 Å². The van der Waals surface area contributed by atoms with Crippen molar-refractivity contribution in [1.82, 2.24) is 9.88 Å². The van der Waals surface area contributed by atoms with Crippen molar-refractivity contribution in [2.75, 3.05) is 39.5 Å². The minimum Gasteiger partial charge on any atom is -0.508 e. The summed E-state index contributed by atoms with van der Waals surface area (Å²) in [5.74, 6) is -0.160. The van der Waals surface area contributed by atoms with Crippen LogP contribution in [0.25, 0.3) is 10.9 Å². The maximum Gasteiger partial charge on any atom is 0.270 e. The van der Waals surface area contributed by atoms with Gasteiger partial charge in [0.25, 0.3) is 5.69 Å². The predicted octanol–water partition coefficient (Wildman–Crippen LogP) is 2.67. The van der Waals surface area contributed by atoms with Gasteiger partial charge in [-0.25, -0.2) is 4.99 Å². The van der Waals surface area contributed by atoms with E-state index >= 15 is 0 Å². The van der Waals surface area contributed by atoms with Gasteiger partial charge in [0, 0.05) is 48.2 Å². The third kappa shape index (κ3) is 3.99. The number of nitro benzene ring substituents is 1. The maximum atomic E-state index is 11.3. The highest BCUT2D eigenvalue weighted by Gasteiger charge is 2.30. The molecule has 5 rings (SSSR count). The fourth-order valence-electron chi connectivity index (χ4n) is 4.00. The monoisotopic (exact) mass is 451 g/mol. The highest BCUT2D eigenvalue weighted by atomic mass is 16.6. The summed E-state index contributed by atoms with van der Waals surface area (Å²) in [4.78, 5) is 26.0. The van der Waals surface area contributed by atoms with Crippen molar-refractivity contribution < 1.29 is 24.7 Å². The van der Waals surface area contributed by atoms with Crippen LogP contribution in [-0.4, -0.2) is 75.9 Å². The van der Waals surface area contributed by atoms with Crippen LogP contribution in [0.15, 0.2) is 46.5 Å². The molecule has 0 unspecified atom stereocenters. The topological polar surface area (TPSA) is 146 Å². The van der Waals surface area contributed by atoms with E-state index in [1.54, 1.807) is 6.07 Å². The van der Waals surface area contributed by atoms with E-state index in [9.17, 15) is 20.3 Å². The molecular formula is C22H21N5O6. The lowest BCUT2D eigenvalue weighted by Crippen LogP contribution is -2.38. The second-order valence-corrected chi connectivity index (χ2v) is 7.72. The van der Waals surface area contributed by atoms with Crippen LogP contribution in [0.4, 0.5) is 11.4 Å². The van der Waals surface area contributed by atoms with Crippen molar-refractivity contribution >= 4 is 33.7 Å². The molecule has 3 heterocycles. The molecule has 0 atom stereocenters. The van der Waals surface area contributed by atoms with Gasteiger partial charge in [0.15, 0.2) is 5.88 Å². The van der Waals surface area contributed by atoms with E-state index in [1.807, 2.05) is 0 Å². The number of rotatable bonds is 6. The number of aromatic nitrogens is 1. The van der Waals surface area contributed by atoms with Crippen LogP contribution in [0.5, 0.6) is 11.6 Å². The Morgan fingerprint density at radius 2 is 2.03 bits per heavy atom. The normalized spacial score (nSPS) is 17.3. The summed E-state index contributed by atoms with van der Waals surface area (Å²) < 4.78 is 5.34. The minimum absolute atomic E-state index is 0.0324. The molecule has 0 amide bonds. The van der Waals surface area contributed by atoms with E-state index in [2.05, 4.69) is 20.0 Å². The van der Waals surface area contributed by atoms with Gasteiger partial charge in [-0.1, -0.05) is 5.16 Å². The number of fused-ring (bicyclic) bond motifs is 2. The number of ether oxygens (including phenoxy) is 1. The molecule has 1 saturated heterocycles. The summed E-state index contributed by atoms with van der Waals surface area (Å²) in [5.41, 5.74) is 2.38. The van der Waals surface area contributed by atoms with Crippen molar-refractivity contribution in [2.45, 2.75) is 0 Å². The molecule has 3 aromatic rings. The van der Waals surface area contributed by atoms with Crippen LogP contribution in [0.3, 0.4) is 0 Å². The molecule has 0 radical (unpaired) electrons. The SMILES string of the molecule is O=[N+]([O-])c1ccc2[nH]c(O)c(C3=Nc4ccc(O)cc4C3=NOCCN3CCOCC3)c2c1. The Labute approximate surface area is 187 Å². The van der Waals surface area contributed by atoms with Crippen LogP contribution in [0.2, 0.25) is 0 Å². The average molecular weight is 451 g/mol. The Bertz CT molecular complexity index is 1290. The first kappa shape index (κ1) is 20.9. The lowest BCUT2D eigenvalue weighted by Gasteiger charge is -2.25. The third-order valence-corrected chi connectivity index (χ3v) is 5.66. The summed E-state index contributed by atoms with van der Waals surface area (Å²) in [5, 5.41) is 36.7. The summed E-state index contributed by atoms with van der Waals surface area (Å²) in [6.07, 6.45) is 0. The molecule has 0 aliphatic carbocycles. The highest BCUT2D eigenvalue weighted by molar-refractivity contribution is 6.58. The quantitative estimate of drug-likeness (QED) is 0.297. The molecule has 2 aliphatic heterocycles. The van der Waals surface area contributed by atoms with E-state index in [0.29, 0.717) is 59.9 Å². The zero-order valence-corrected chi connectivity index (χ0v) is 17.5. The summed E-state index contributed by atoms with van der Waals surface area (Å²) in [6, 6.07) is 8.92. The lowest BCUT2D eigenvalue weighted by atomic mass is 10.0. The van der Waals surface area contributed by atoms with Gasteiger partial charge in [-0.2, -0.15) is 0 Å². The number of hydrogen-bond acceptors (Lipinski definition) is 9. The molecule has 2 aliphatic rings. The van der Waals surface area contributed by atoms with Gasteiger partial charge in [0.05, 0.1) is 29.4 Å². The van der Waals surface area contributed by atoms with E-state index in [4.69, 9.17) is 9.57 Å². The standard InChI is InChI=1S/C22H21N5O6/c28-14-2-4-18-16(12-14)20(25-33-10-7-26-5-8-32-9-6-26)21(23-18)19-15-11-13(27(30)31)1-3-17(15)24-22(19)29/h1-4,11-12,24,28-29H,5-10H2. The summed E-state index contributed by atoms with van der Waals surface area (Å²) >= 11 is 0. The zero-order chi connectivity index (χ0) is 22.9. The molecule has 1 fully saturated rings. The van der Waals surface area contributed by atoms with Crippen LogP contribution < -0.4 is 0 Å². The van der Waals surface area contributed by atoms with Crippen molar-refractivity contribution in [3.05, 3.63) is 57.6 Å². The smallest absolute Gasteiger partial charge is 0.270 e. The Kier molecular flexibility index (Phi) is 5.40. The molecule has 2 aromatic carbocycles. The highest BCUT2D eigenvalue weighted by Crippen LogP contribution is 2.38. The molecule has 0 bridgehead atoms. The number of nitro groups is 1. The van der Waals surface area contributed by atoms with Crippen molar-refractivity contribution in [3.63, 3.8) is 0 Å². The average Bonchev–Trinajstić information content (AvgIpc) is 3.32. The molecule has 3 N–H and O–H groups in total. The van der Waals surface area contributed by atoms with Gasteiger partial charge >= 0.3 is 0 Å². The van der Waals surface area contributed by atoms with Gasteiger partial charge in [-0.05, 0) is 24.3 Å². The fraction of sp³-hybridized carbons (Fsp3) is 0.273. The lowest BCUT2D eigenvalue weighted by molar-refractivity contribution is -0.384. The largest absolute Gasteiger partial charge is 0.508 e. The van der Waals surface area contributed by atoms with E-state index in [0.717, 1.165) is 13.1 Å². The van der Waals surface area contributed by atoms with Gasteiger partial charge in [-0.15, -0.1) is 0 Å². The molecular weight excluding hydrogens is 430 g/mol. The number of nitrogens with zero attached hydrogens (tertiary/aromatic N) is 4. The molecule has 11 nitrogen and oxygen atoms in total. The number of hydrogen-bond donors (Lipinski definition) is 3. The van der Waals surface area contributed by atoms with Gasteiger partial charge in [0.2, 0.25) is 0 Å². The number of phenols is 1. The number of phenolic OH excluding ortho intramolecular Hbond substituents is 1. The van der Waals surface area contributed by atoms with Crippen molar-refractivity contribution in [1.29, 1.82) is 0 Å². The Morgan fingerprint density at radius 1 is 1.21 bits per heavy atom. The Balaban J connectivity index is 1.51. The van der Waals surface area contributed by atoms with Crippen molar-refractivity contribution in [2.24, 2.45) is 10.1 Å². The Hall–Kier alpha value is -3.96. The minimum atomic E-state index is -0.500.